The summed E-state index contributed by atoms with van der Waals surface area (Å²) in [6.07, 6.45) is 4.89. The number of anilines is 2. The second kappa shape index (κ2) is 12.6. The van der Waals surface area contributed by atoms with E-state index in [1.54, 1.807) is 0 Å². The summed E-state index contributed by atoms with van der Waals surface area (Å²) >= 11 is 0. The molecule has 2 nitrogen and oxygen atoms in total. The fourth-order valence-electron chi connectivity index (χ4n) is 10.8. The van der Waals surface area contributed by atoms with Crippen molar-refractivity contribution in [1.29, 1.82) is 0 Å². The van der Waals surface area contributed by atoms with Gasteiger partial charge in [-0.25, -0.2) is 0 Å². The van der Waals surface area contributed by atoms with Gasteiger partial charge in [0.2, 0.25) is 0 Å². The van der Waals surface area contributed by atoms with Crippen LogP contribution in [0.1, 0.15) is 61.6 Å². The molecule has 7 aromatic carbocycles. The SMILES string of the molecule is Cc1cc(C)cc(C2=CC=C3C4C2c2cc(-c5cc(C)ccc5C)ccc2N4c2ccc(-c4cc(C)cc(C)c4)c4c5cc(-c6cc(C)ccc6C)ccc5n3c24)c1. The lowest BCUT2D eigenvalue weighted by Crippen LogP contribution is -2.38. The van der Waals surface area contributed by atoms with Gasteiger partial charge in [-0.15, -0.1) is 0 Å². The molecule has 3 aliphatic rings. The van der Waals surface area contributed by atoms with Gasteiger partial charge in [-0.05, 0) is 153 Å². The van der Waals surface area contributed by atoms with Crippen molar-refractivity contribution in [2.45, 2.75) is 67.3 Å². The van der Waals surface area contributed by atoms with Crippen LogP contribution in [-0.2, 0) is 0 Å². The normalized spacial score (nSPS) is 16.4. The van der Waals surface area contributed by atoms with E-state index in [4.69, 9.17) is 0 Å². The van der Waals surface area contributed by atoms with E-state index in [0.29, 0.717) is 0 Å². The van der Waals surface area contributed by atoms with Gasteiger partial charge in [-0.1, -0.05) is 130 Å². The van der Waals surface area contributed by atoms with Crippen LogP contribution in [0.5, 0.6) is 0 Å². The topological polar surface area (TPSA) is 8.17 Å². The molecule has 0 amide bonds. The quantitative estimate of drug-likeness (QED) is 0.174. The van der Waals surface area contributed by atoms with Crippen molar-refractivity contribution in [2.75, 3.05) is 4.90 Å². The summed E-state index contributed by atoms with van der Waals surface area (Å²) in [6.45, 7) is 17.8. The van der Waals surface area contributed by atoms with Gasteiger partial charge in [0.05, 0.1) is 22.8 Å². The number of fused-ring (bicyclic) bond motifs is 8. The summed E-state index contributed by atoms with van der Waals surface area (Å²) in [5.41, 5.74) is 28.7. The van der Waals surface area contributed by atoms with E-state index < -0.39 is 0 Å². The monoisotopic (exact) mass is 748 g/mol. The van der Waals surface area contributed by atoms with E-state index in [2.05, 4.69) is 198 Å². The molecule has 3 heterocycles. The Bertz CT molecular complexity index is 3120. The molecule has 1 aromatic heterocycles. The highest BCUT2D eigenvalue weighted by atomic mass is 15.3. The Morgan fingerprint density at radius 3 is 1.67 bits per heavy atom. The average molecular weight is 749 g/mol. The predicted octanol–water partition coefficient (Wildman–Crippen LogP) is 14.8. The maximum Gasteiger partial charge on any atom is 0.0857 e. The number of aromatic nitrogens is 1. The van der Waals surface area contributed by atoms with Crippen LogP contribution >= 0.6 is 0 Å². The van der Waals surface area contributed by atoms with Crippen LogP contribution in [0.15, 0.2) is 133 Å². The van der Waals surface area contributed by atoms with Gasteiger partial charge in [0.15, 0.2) is 0 Å². The lowest BCUT2D eigenvalue weighted by Gasteiger charge is -2.40. The summed E-state index contributed by atoms with van der Waals surface area (Å²) in [5, 5.41) is 2.63. The number of allylic oxidation sites excluding steroid dienone is 2. The molecule has 0 saturated carbocycles. The summed E-state index contributed by atoms with van der Waals surface area (Å²) in [5.74, 6) is 0.148. The molecule has 2 atom stereocenters. The lowest BCUT2D eigenvalue weighted by molar-refractivity contribution is 0.737. The molecule has 0 radical (unpaired) electrons. The summed E-state index contributed by atoms with van der Waals surface area (Å²) in [7, 11) is 0. The van der Waals surface area contributed by atoms with Crippen LogP contribution in [0.2, 0.25) is 0 Å². The van der Waals surface area contributed by atoms with Gasteiger partial charge in [0.1, 0.15) is 0 Å². The largest absolute Gasteiger partial charge is 0.329 e. The maximum atomic E-state index is 2.70. The van der Waals surface area contributed by atoms with Crippen molar-refractivity contribution >= 4 is 44.5 Å². The smallest absolute Gasteiger partial charge is 0.0857 e. The van der Waals surface area contributed by atoms with Crippen LogP contribution in [0, 0.1) is 55.4 Å². The van der Waals surface area contributed by atoms with Crippen molar-refractivity contribution in [3.8, 4) is 33.4 Å². The van der Waals surface area contributed by atoms with E-state index in [1.165, 1.54) is 133 Å². The molecular formula is C56H48N2. The van der Waals surface area contributed by atoms with Gasteiger partial charge in [0, 0.05) is 28.1 Å². The average Bonchev–Trinajstić information content (AvgIpc) is 3.72. The lowest BCUT2D eigenvalue weighted by atomic mass is 9.77. The minimum Gasteiger partial charge on any atom is -0.329 e. The summed E-state index contributed by atoms with van der Waals surface area (Å²) in [6, 6.07) is 47.2. The Morgan fingerprint density at radius 1 is 0.431 bits per heavy atom. The minimum absolute atomic E-state index is 0.0988. The van der Waals surface area contributed by atoms with E-state index in [-0.39, 0.29) is 12.0 Å². The Kier molecular flexibility index (Phi) is 7.54. The van der Waals surface area contributed by atoms with Crippen LogP contribution in [0.3, 0.4) is 0 Å². The van der Waals surface area contributed by atoms with Gasteiger partial charge in [0.25, 0.3) is 0 Å². The first kappa shape index (κ1) is 34.8. The van der Waals surface area contributed by atoms with Gasteiger partial charge >= 0.3 is 0 Å². The van der Waals surface area contributed by atoms with Crippen molar-refractivity contribution in [1.82, 2.24) is 4.57 Å². The number of hydrogen-bond donors (Lipinski definition) is 0. The molecule has 11 rings (SSSR count). The fraction of sp³-hybridized carbons (Fsp3) is 0.179. The van der Waals surface area contributed by atoms with Crippen molar-refractivity contribution < 1.29 is 0 Å². The Labute approximate surface area is 342 Å². The molecule has 2 heteroatoms. The molecular weight excluding hydrogens is 701 g/mol. The second-order valence-electron chi connectivity index (χ2n) is 17.6. The third-order valence-corrected chi connectivity index (χ3v) is 13.2. The van der Waals surface area contributed by atoms with E-state index in [9.17, 15) is 0 Å². The van der Waals surface area contributed by atoms with Gasteiger partial charge in [-0.3, -0.25) is 0 Å². The van der Waals surface area contributed by atoms with Gasteiger partial charge < -0.3 is 9.47 Å². The number of aryl methyl sites for hydroxylation is 8. The molecule has 0 bridgehead atoms. The van der Waals surface area contributed by atoms with E-state index in [0.717, 1.165) is 0 Å². The molecule has 282 valence electrons. The van der Waals surface area contributed by atoms with Crippen LogP contribution in [0.4, 0.5) is 11.4 Å². The van der Waals surface area contributed by atoms with Crippen molar-refractivity contribution in [3.63, 3.8) is 0 Å². The number of rotatable bonds is 4. The van der Waals surface area contributed by atoms with Crippen LogP contribution < -0.4 is 4.90 Å². The first-order valence-corrected chi connectivity index (χ1v) is 20.8. The molecule has 0 N–H and O–H groups in total. The number of hydrogen-bond acceptors (Lipinski definition) is 1. The molecule has 0 fully saturated rings. The first-order valence-electron chi connectivity index (χ1n) is 20.8. The minimum atomic E-state index is 0.0988. The van der Waals surface area contributed by atoms with E-state index in [1.807, 2.05) is 0 Å². The molecule has 1 aliphatic carbocycles. The highest BCUT2D eigenvalue weighted by Gasteiger charge is 2.49. The highest BCUT2D eigenvalue weighted by Crippen LogP contribution is 2.61. The Morgan fingerprint density at radius 2 is 1.02 bits per heavy atom. The standard InChI is InChI=1S/C56H48N2/c1-31-9-11-37(7)45(27-31)39-13-17-49-47(29-39)53-43(41-23-33(3)21-34(4)24-41)15-19-51-55(53)57(49)52-20-16-44(42-25-35(5)22-36(6)26-42)54-48-30-40(14-18-50(48)58(51)56(52)54)46-28-32(2)10-12-38(46)8/h9-30,53,55H,1-8H3. The Hall–Kier alpha value is -6.38. The number of nitrogens with zero attached hydrogens (tertiary/aromatic N) is 2. The van der Waals surface area contributed by atoms with Crippen LogP contribution in [-0.4, -0.2) is 10.6 Å². The zero-order valence-corrected chi connectivity index (χ0v) is 34.8. The molecule has 2 aliphatic heterocycles. The summed E-state index contributed by atoms with van der Waals surface area (Å²) in [4.78, 5) is 2.70. The maximum absolute atomic E-state index is 2.70. The molecule has 0 spiro atoms. The molecule has 2 unspecified atom stereocenters. The second-order valence-corrected chi connectivity index (χ2v) is 17.6. The zero-order valence-electron chi connectivity index (χ0n) is 34.8. The first-order chi connectivity index (χ1) is 28.0. The predicted molar refractivity (Wildman–Crippen MR) is 247 cm³/mol. The fourth-order valence-corrected chi connectivity index (χ4v) is 10.8. The van der Waals surface area contributed by atoms with Crippen LogP contribution in [0.25, 0.3) is 66.5 Å². The van der Waals surface area contributed by atoms with E-state index >= 15 is 0 Å². The van der Waals surface area contributed by atoms with Gasteiger partial charge in [-0.2, -0.15) is 0 Å². The summed E-state index contributed by atoms with van der Waals surface area (Å²) < 4.78 is 2.64. The van der Waals surface area contributed by atoms with Crippen molar-refractivity contribution in [2.24, 2.45) is 0 Å². The molecule has 0 saturated heterocycles. The Balaban J connectivity index is 1.24. The third kappa shape index (κ3) is 5.10. The third-order valence-electron chi connectivity index (χ3n) is 13.2. The number of benzene rings is 7. The highest BCUT2D eigenvalue weighted by molar-refractivity contribution is 6.22. The zero-order chi connectivity index (χ0) is 39.7. The molecule has 8 aromatic rings. The van der Waals surface area contributed by atoms with Crippen molar-refractivity contribution in [3.05, 3.63) is 189 Å². The molecule has 58 heavy (non-hydrogen) atoms.